The van der Waals surface area contributed by atoms with Crippen LogP contribution in [0.15, 0.2) is 42.5 Å². The minimum atomic E-state index is -0.0121. The Bertz CT molecular complexity index is 937. The van der Waals surface area contributed by atoms with Crippen LogP contribution in [0.2, 0.25) is 0 Å². The number of piperazine rings is 1. The zero-order chi connectivity index (χ0) is 21.7. The number of benzene rings is 2. The molecule has 3 rings (SSSR count). The number of hydrogen-bond donors (Lipinski definition) is 1. The number of nitrogens with one attached hydrogen (secondary N) is 1. The molecule has 0 unspecified atom stereocenters. The number of carbonyl (C=O) groups excluding carboxylic acids is 2. The summed E-state index contributed by atoms with van der Waals surface area (Å²) in [7, 11) is 0. The van der Waals surface area contributed by atoms with Gasteiger partial charge in [-0.25, -0.2) is 0 Å². The highest BCUT2D eigenvalue weighted by molar-refractivity contribution is 5.94. The van der Waals surface area contributed by atoms with Gasteiger partial charge in [-0.15, -0.1) is 0 Å². The van der Waals surface area contributed by atoms with Crippen LogP contribution in [0.25, 0.3) is 6.08 Å². The minimum absolute atomic E-state index is 0.0121. The monoisotopic (exact) mass is 405 g/mol. The molecule has 1 aliphatic heterocycles. The summed E-state index contributed by atoms with van der Waals surface area (Å²) in [6.07, 6.45) is 3.54. The molecule has 0 bridgehead atoms. The van der Waals surface area contributed by atoms with Crippen molar-refractivity contribution < 1.29 is 9.59 Å². The van der Waals surface area contributed by atoms with Crippen LogP contribution >= 0.6 is 0 Å². The lowest BCUT2D eigenvalue weighted by Crippen LogP contribution is -2.50. The summed E-state index contributed by atoms with van der Waals surface area (Å²) in [5, 5.41) is 3.04. The van der Waals surface area contributed by atoms with Crippen molar-refractivity contribution in [3.63, 3.8) is 0 Å². The number of anilines is 1. The Kier molecular flexibility index (Phi) is 7.06. The van der Waals surface area contributed by atoms with Gasteiger partial charge in [-0.2, -0.15) is 0 Å². The SMILES string of the molecule is Cc1ccc(C=CC(=O)N2CCN(CC(=O)Nc3c(C)cccc3C)CC2)c(C)c1. The van der Waals surface area contributed by atoms with Gasteiger partial charge in [0.15, 0.2) is 0 Å². The van der Waals surface area contributed by atoms with E-state index >= 15 is 0 Å². The van der Waals surface area contributed by atoms with Crippen LogP contribution in [0.3, 0.4) is 0 Å². The Morgan fingerprint density at radius 3 is 2.23 bits per heavy atom. The number of carbonyl (C=O) groups is 2. The second kappa shape index (κ2) is 9.72. The van der Waals surface area contributed by atoms with Gasteiger partial charge in [0.1, 0.15) is 0 Å². The van der Waals surface area contributed by atoms with E-state index in [0.29, 0.717) is 32.7 Å². The summed E-state index contributed by atoms with van der Waals surface area (Å²) < 4.78 is 0. The Morgan fingerprint density at radius 1 is 0.933 bits per heavy atom. The Morgan fingerprint density at radius 2 is 1.60 bits per heavy atom. The molecule has 1 saturated heterocycles. The number of amides is 2. The van der Waals surface area contributed by atoms with E-state index < -0.39 is 0 Å². The van der Waals surface area contributed by atoms with Crippen molar-refractivity contribution >= 4 is 23.6 Å². The maximum atomic E-state index is 12.5. The zero-order valence-electron chi connectivity index (χ0n) is 18.4. The molecule has 2 aromatic rings. The van der Waals surface area contributed by atoms with Crippen molar-refractivity contribution in [2.24, 2.45) is 0 Å². The molecule has 0 saturated carbocycles. The van der Waals surface area contributed by atoms with Crippen molar-refractivity contribution in [1.29, 1.82) is 0 Å². The standard InChI is InChI=1S/C25H31N3O2/c1-18-8-9-22(21(4)16-18)10-11-24(30)28-14-12-27(13-15-28)17-23(29)26-25-19(2)6-5-7-20(25)3/h5-11,16H,12-15,17H2,1-4H3,(H,26,29). The van der Waals surface area contributed by atoms with E-state index in [0.717, 1.165) is 22.4 Å². The third-order valence-electron chi connectivity index (χ3n) is 5.63. The number of para-hydroxylation sites is 1. The van der Waals surface area contributed by atoms with Crippen LogP contribution in [0.1, 0.15) is 27.8 Å². The predicted molar refractivity (Wildman–Crippen MR) is 123 cm³/mol. The van der Waals surface area contributed by atoms with Gasteiger partial charge in [0.2, 0.25) is 11.8 Å². The van der Waals surface area contributed by atoms with Crippen LogP contribution in [0, 0.1) is 27.7 Å². The van der Waals surface area contributed by atoms with Crippen molar-refractivity contribution in [1.82, 2.24) is 9.80 Å². The van der Waals surface area contributed by atoms with E-state index in [1.54, 1.807) is 6.08 Å². The van der Waals surface area contributed by atoms with Gasteiger partial charge in [0.05, 0.1) is 6.54 Å². The second-order valence-corrected chi connectivity index (χ2v) is 8.11. The average molecular weight is 406 g/mol. The summed E-state index contributed by atoms with van der Waals surface area (Å²) in [6, 6.07) is 12.2. The lowest BCUT2D eigenvalue weighted by Gasteiger charge is -2.33. The molecule has 0 aliphatic carbocycles. The molecular formula is C25H31N3O2. The summed E-state index contributed by atoms with van der Waals surface area (Å²) in [5.41, 5.74) is 6.47. The third kappa shape index (κ3) is 5.57. The summed E-state index contributed by atoms with van der Waals surface area (Å²) in [6.45, 7) is 11.1. The smallest absolute Gasteiger partial charge is 0.246 e. The normalized spacial score (nSPS) is 14.9. The van der Waals surface area contributed by atoms with Crippen LogP contribution < -0.4 is 5.32 Å². The topological polar surface area (TPSA) is 52.7 Å². The van der Waals surface area contributed by atoms with E-state index in [4.69, 9.17) is 0 Å². The van der Waals surface area contributed by atoms with Gasteiger partial charge in [-0.3, -0.25) is 14.5 Å². The van der Waals surface area contributed by atoms with E-state index in [1.807, 2.05) is 49.1 Å². The first-order chi connectivity index (χ1) is 14.3. The summed E-state index contributed by atoms with van der Waals surface area (Å²) >= 11 is 0. The first kappa shape index (κ1) is 21.8. The molecule has 158 valence electrons. The molecular weight excluding hydrogens is 374 g/mol. The minimum Gasteiger partial charge on any atom is -0.337 e. The maximum absolute atomic E-state index is 12.5. The van der Waals surface area contributed by atoms with Crippen LogP contribution in [0.5, 0.6) is 0 Å². The van der Waals surface area contributed by atoms with Crippen LogP contribution in [0.4, 0.5) is 5.69 Å². The molecule has 1 aliphatic rings. The van der Waals surface area contributed by atoms with Crippen molar-refractivity contribution in [3.05, 3.63) is 70.3 Å². The fraction of sp³-hybridized carbons (Fsp3) is 0.360. The molecule has 5 nitrogen and oxygen atoms in total. The highest BCUT2D eigenvalue weighted by atomic mass is 16.2. The molecule has 0 spiro atoms. The van der Waals surface area contributed by atoms with Crippen LogP contribution in [-0.2, 0) is 9.59 Å². The highest BCUT2D eigenvalue weighted by Crippen LogP contribution is 2.19. The molecule has 1 heterocycles. The molecule has 5 heteroatoms. The van der Waals surface area contributed by atoms with E-state index in [-0.39, 0.29) is 11.8 Å². The predicted octanol–water partition coefficient (Wildman–Crippen LogP) is 3.72. The molecule has 2 amide bonds. The molecule has 2 aromatic carbocycles. The third-order valence-corrected chi connectivity index (χ3v) is 5.63. The number of aryl methyl sites for hydroxylation is 4. The number of hydrogen-bond acceptors (Lipinski definition) is 3. The van der Waals surface area contributed by atoms with Crippen molar-refractivity contribution in [2.45, 2.75) is 27.7 Å². The average Bonchev–Trinajstić information content (AvgIpc) is 2.70. The lowest BCUT2D eigenvalue weighted by molar-refractivity contribution is -0.127. The highest BCUT2D eigenvalue weighted by Gasteiger charge is 2.21. The van der Waals surface area contributed by atoms with Gasteiger partial charge in [-0.05, 0) is 56.0 Å². The van der Waals surface area contributed by atoms with Gasteiger partial charge in [-0.1, -0.05) is 42.0 Å². The van der Waals surface area contributed by atoms with Gasteiger partial charge >= 0.3 is 0 Å². The molecule has 0 atom stereocenters. The largest absolute Gasteiger partial charge is 0.337 e. The molecule has 1 N–H and O–H groups in total. The Labute approximate surface area is 179 Å². The number of nitrogens with zero attached hydrogens (tertiary/aromatic N) is 2. The van der Waals surface area contributed by atoms with Gasteiger partial charge in [0, 0.05) is 37.9 Å². The Hall–Kier alpha value is -2.92. The van der Waals surface area contributed by atoms with E-state index in [2.05, 4.69) is 36.2 Å². The maximum Gasteiger partial charge on any atom is 0.246 e. The first-order valence-electron chi connectivity index (χ1n) is 10.5. The quantitative estimate of drug-likeness (QED) is 0.772. The zero-order valence-corrected chi connectivity index (χ0v) is 18.4. The molecule has 0 aromatic heterocycles. The number of rotatable bonds is 5. The van der Waals surface area contributed by atoms with E-state index in [1.165, 1.54) is 11.1 Å². The van der Waals surface area contributed by atoms with Crippen molar-refractivity contribution in [3.8, 4) is 0 Å². The summed E-state index contributed by atoms with van der Waals surface area (Å²) in [5.74, 6) is 0.0107. The summed E-state index contributed by atoms with van der Waals surface area (Å²) in [4.78, 5) is 29.0. The Balaban J connectivity index is 1.49. The fourth-order valence-electron chi connectivity index (χ4n) is 3.80. The molecule has 30 heavy (non-hydrogen) atoms. The van der Waals surface area contributed by atoms with Crippen LogP contribution in [-0.4, -0.2) is 54.3 Å². The van der Waals surface area contributed by atoms with Gasteiger partial charge in [0.25, 0.3) is 0 Å². The van der Waals surface area contributed by atoms with E-state index in [9.17, 15) is 9.59 Å². The van der Waals surface area contributed by atoms with Crippen molar-refractivity contribution in [2.75, 3.05) is 38.0 Å². The fourth-order valence-corrected chi connectivity index (χ4v) is 3.80. The molecule has 0 radical (unpaired) electrons. The lowest BCUT2D eigenvalue weighted by atomic mass is 10.1. The first-order valence-corrected chi connectivity index (χ1v) is 10.5. The second-order valence-electron chi connectivity index (χ2n) is 8.11. The van der Waals surface area contributed by atoms with Gasteiger partial charge < -0.3 is 10.2 Å². The molecule has 1 fully saturated rings.